The van der Waals surface area contributed by atoms with Crippen LogP contribution >= 0.6 is 11.6 Å². The number of fused-ring (bicyclic) bond motifs is 2. The third kappa shape index (κ3) is 2.30. The van der Waals surface area contributed by atoms with Crippen LogP contribution in [0.25, 0.3) is 22.0 Å². The molecule has 2 bridgehead atoms. The molecule has 3 aromatic rings. The van der Waals surface area contributed by atoms with E-state index in [1.807, 2.05) is 48.5 Å². The summed E-state index contributed by atoms with van der Waals surface area (Å²) in [7, 11) is 0. The van der Waals surface area contributed by atoms with Gasteiger partial charge in [0.15, 0.2) is 0 Å². The minimum absolute atomic E-state index is 0.0218. The maximum Gasteiger partial charge on any atom is 0.268 e. The summed E-state index contributed by atoms with van der Waals surface area (Å²) in [5.74, 6) is 0.789. The summed E-state index contributed by atoms with van der Waals surface area (Å²) < 4.78 is 0. The van der Waals surface area contributed by atoms with Crippen molar-refractivity contribution in [2.75, 3.05) is 0 Å². The van der Waals surface area contributed by atoms with Crippen LogP contribution in [0.2, 0.25) is 5.02 Å². The minimum Gasteiger partial charge on any atom is -0.349 e. The van der Waals surface area contributed by atoms with E-state index in [9.17, 15) is 4.79 Å². The summed E-state index contributed by atoms with van der Waals surface area (Å²) in [6.45, 7) is 0. The molecule has 0 atom stereocenters. The Labute approximate surface area is 151 Å². The van der Waals surface area contributed by atoms with Crippen molar-refractivity contribution in [3.8, 4) is 11.1 Å². The first-order valence-corrected chi connectivity index (χ1v) is 9.21. The highest BCUT2D eigenvalue weighted by molar-refractivity contribution is 6.36. The van der Waals surface area contributed by atoms with Crippen LogP contribution in [0.4, 0.5) is 0 Å². The standard InChI is InChI=1S/C21H19ClN2O/c22-16-8-4-7-15-17(14-5-2-1-3-6-14)19(23-18(15)16)20(25)24-21-10-9-13(11-21)12-21/h1-8,13,23H,9-12H2,(H,24,25). The number of carbonyl (C=O) groups excluding carboxylic acids is 1. The summed E-state index contributed by atoms with van der Waals surface area (Å²) in [6.07, 6.45) is 4.59. The first-order valence-electron chi connectivity index (χ1n) is 8.83. The van der Waals surface area contributed by atoms with Crippen LogP contribution in [-0.2, 0) is 0 Å². The van der Waals surface area contributed by atoms with Crippen molar-refractivity contribution >= 4 is 28.4 Å². The fourth-order valence-corrected chi connectivity index (χ4v) is 4.88. The SMILES string of the molecule is O=C(NC12CCC(C1)C2)c1[nH]c2c(Cl)cccc2c1-c1ccccc1. The smallest absolute Gasteiger partial charge is 0.268 e. The van der Waals surface area contributed by atoms with Crippen molar-refractivity contribution in [3.05, 3.63) is 59.2 Å². The first kappa shape index (κ1) is 15.0. The highest BCUT2D eigenvalue weighted by Crippen LogP contribution is 2.52. The number of aromatic amines is 1. The van der Waals surface area contributed by atoms with Crippen LogP contribution in [0.1, 0.15) is 36.2 Å². The van der Waals surface area contributed by atoms with Gasteiger partial charge in [0.05, 0.1) is 10.5 Å². The van der Waals surface area contributed by atoms with E-state index in [2.05, 4.69) is 10.3 Å². The van der Waals surface area contributed by atoms with Crippen molar-refractivity contribution in [3.63, 3.8) is 0 Å². The molecule has 3 aliphatic carbocycles. The number of halogens is 1. The number of nitrogens with one attached hydrogen (secondary N) is 2. The van der Waals surface area contributed by atoms with E-state index in [4.69, 9.17) is 11.6 Å². The second kappa shape index (κ2) is 5.37. The summed E-state index contributed by atoms with van der Waals surface area (Å²) in [6, 6.07) is 15.8. The van der Waals surface area contributed by atoms with Crippen LogP contribution in [0.15, 0.2) is 48.5 Å². The Morgan fingerprint density at radius 1 is 1.12 bits per heavy atom. The Morgan fingerprint density at radius 3 is 2.64 bits per heavy atom. The van der Waals surface area contributed by atoms with Gasteiger partial charge in [0.25, 0.3) is 5.91 Å². The molecular formula is C21H19ClN2O. The zero-order chi connectivity index (χ0) is 17.0. The van der Waals surface area contributed by atoms with Crippen LogP contribution < -0.4 is 5.32 Å². The van der Waals surface area contributed by atoms with Gasteiger partial charge in [-0.25, -0.2) is 0 Å². The summed E-state index contributed by atoms with van der Waals surface area (Å²) in [5, 5.41) is 4.94. The zero-order valence-electron chi connectivity index (χ0n) is 13.8. The Bertz CT molecular complexity index is 965. The molecule has 126 valence electrons. The van der Waals surface area contributed by atoms with Crippen molar-refractivity contribution in [1.82, 2.24) is 10.3 Å². The number of rotatable bonds is 3. The van der Waals surface area contributed by atoms with Crippen molar-refractivity contribution in [2.24, 2.45) is 5.92 Å². The second-order valence-corrected chi connectivity index (χ2v) is 7.86. The predicted octanol–water partition coefficient (Wildman–Crippen LogP) is 5.16. The lowest BCUT2D eigenvalue weighted by Gasteiger charge is -2.39. The molecule has 3 aliphatic rings. The van der Waals surface area contributed by atoms with Gasteiger partial charge in [0.2, 0.25) is 0 Å². The van der Waals surface area contributed by atoms with Crippen LogP contribution in [0, 0.1) is 5.92 Å². The van der Waals surface area contributed by atoms with Crippen LogP contribution in [0.5, 0.6) is 0 Å². The molecule has 3 nitrogen and oxygen atoms in total. The largest absolute Gasteiger partial charge is 0.349 e. The van der Waals surface area contributed by atoms with E-state index in [1.54, 1.807) is 0 Å². The number of benzene rings is 2. The molecule has 0 radical (unpaired) electrons. The topological polar surface area (TPSA) is 44.9 Å². The molecule has 3 fully saturated rings. The molecule has 4 heteroatoms. The van der Waals surface area contributed by atoms with Gasteiger partial charge in [-0.05, 0) is 43.2 Å². The third-order valence-electron chi connectivity index (χ3n) is 5.84. The highest BCUT2D eigenvalue weighted by Gasteiger charge is 2.51. The zero-order valence-corrected chi connectivity index (χ0v) is 14.6. The molecule has 1 heterocycles. The van der Waals surface area contributed by atoms with E-state index in [-0.39, 0.29) is 11.4 Å². The lowest BCUT2D eigenvalue weighted by molar-refractivity contribution is 0.0837. The van der Waals surface area contributed by atoms with Gasteiger partial charge in [-0.3, -0.25) is 4.79 Å². The van der Waals surface area contributed by atoms with Gasteiger partial charge in [0.1, 0.15) is 5.69 Å². The average Bonchev–Trinajstić information content (AvgIpc) is 3.28. The monoisotopic (exact) mass is 350 g/mol. The molecular weight excluding hydrogens is 332 g/mol. The number of H-pyrrole nitrogens is 1. The Kier molecular flexibility index (Phi) is 3.23. The van der Waals surface area contributed by atoms with Crippen molar-refractivity contribution in [1.29, 1.82) is 0 Å². The summed E-state index contributed by atoms with van der Waals surface area (Å²) in [5.41, 5.74) is 3.41. The second-order valence-electron chi connectivity index (χ2n) is 7.45. The number of hydrogen-bond acceptors (Lipinski definition) is 1. The molecule has 1 aromatic heterocycles. The fraction of sp³-hybridized carbons (Fsp3) is 0.286. The van der Waals surface area contributed by atoms with Crippen molar-refractivity contribution < 1.29 is 4.79 Å². The lowest BCUT2D eigenvalue weighted by atomic mass is 9.77. The van der Waals surface area contributed by atoms with E-state index in [1.165, 1.54) is 6.42 Å². The van der Waals surface area contributed by atoms with Gasteiger partial charge < -0.3 is 10.3 Å². The van der Waals surface area contributed by atoms with E-state index < -0.39 is 0 Å². The fourth-order valence-electron chi connectivity index (χ4n) is 4.66. The van der Waals surface area contributed by atoms with Gasteiger partial charge >= 0.3 is 0 Å². The average molecular weight is 351 g/mol. The molecule has 0 unspecified atom stereocenters. The normalized spacial score (nSPS) is 24.3. The van der Waals surface area contributed by atoms with Crippen LogP contribution in [0.3, 0.4) is 0 Å². The molecule has 1 amide bonds. The molecule has 3 saturated carbocycles. The summed E-state index contributed by atoms with van der Waals surface area (Å²) in [4.78, 5) is 16.4. The Morgan fingerprint density at radius 2 is 1.92 bits per heavy atom. The molecule has 2 aromatic carbocycles. The molecule has 2 N–H and O–H groups in total. The Balaban J connectivity index is 1.64. The van der Waals surface area contributed by atoms with Gasteiger partial charge in [-0.2, -0.15) is 0 Å². The molecule has 25 heavy (non-hydrogen) atoms. The molecule has 6 rings (SSSR count). The maximum atomic E-state index is 13.1. The van der Waals surface area contributed by atoms with E-state index in [0.29, 0.717) is 10.7 Å². The predicted molar refractivity (Wildman–Crippen MR) is 101 cm³/mol. The third-order valence-corrected chi connectivity index (χ3v) is 6.16. The highest BCUT2D eigenvalue weighted by atomic mass is 35.5. The lowest BCUT2D eigenvalue weighted by Crippen LogP contribution is -2.51. The maximum absolute atomic E-state index is 13.1. The van der Waals surface area contributed by atoms with Crippen molar-refractivity contribution in [2.45, 2.75) is 31.2 Å². The number of aromatic nitrogens is 1. The quantitative estimate of drug-likeness (QED) is 0.673. The summed E-state index contributed by atoms with van der Waals surface area (Å²) >= 11 is 6.38. The van der Waals surface area contributed by atoms with E-state index in [0.717, 1.165) is 47.2 Å². The Hall–Kier alpha value is -2.26. The molecule has 0 aliphatic heterocycles. The number of amides is 1. The van der Waals surface area contributed by atoms with Gasteiger partial charge in [0, 0.05) is 16.5 Å². The van der Waals surface area contributed by atoms with Gasteiger partial charge in [-0.1, -0.05) is 54.1 Å². The van der Waals surface area contributed by atoms with Crippen LogP contribution in [-0.4, -0.2) is 16.4 Å². The van der Waals surface area contributed by atoms with E-state index >= 15 is 0 Å². The van der Waals surface area contributed by atoms with Gasteiger partial charge in [-0.15, -0.1) is 0 Å². The number of carbonyl (C=O) groups is 1. The first-order chi connectivity index (χ1) is 12.2. The number of hydrogen-bond donors (Lipinski definition) is 2. The molecule has 0 spiro atoms. The minimum atomic E-state index is -0.0218. The molecule has 0 saturated heterocycles. The number of para-hydroxylation sites is 1.